The van der Waals surface area contributed by atoms with Gasteiger partial charge in [-0.1, -0.05) is 66.6 Å². The second kappa shape index (κ2) is 9.84. The number of nitrogens with zero attached hydrogens (tertiary/aromatic N) is 8. The lowest BCUT2D eigenvalue weighted by Gasteiger charge is -2.33. The van der Waals surface area contributed by atoms with Gasteiger partial charge in [0.25, 0.3) is 0 Å². The fourth-order valence-corrected chi connectivity index (χ4v) is 6.05. The molecule has 1 atom stereocenters. The van der Waals surface area contributed by atoms with Gasteiger partial charge in [-0.05, 0) is 54.5 Å². The smallest absolute Gasteiger partial charge is 0.0960 e. The summed E-state index contributed by atoms with van der Waals surface area (Å²) in [7, 11) is 1.91. The maximum Gasteiger partial charge on any atom is 0.0960 e. The van der Waals surface area contributed by atoms with E-state index in [0.717, 1.165) is 70.5 Å². The molecule has 2 aromatic carbocycles. The summed E-state index contributed by atoms with van der Waals surface area (Å²) < 4.78 is 10.0. The van der Waals surface area contributed by atoms with Crippen LogP contribution in [0.25, 0.3) is 43.6 Å². The quantitative estimate of drug-likeness (QED) is 0.139. The first kappa shape index (κ1) is 25.1. The van der Waals surface area contributed by atoms with Crippen molar-refractivity contribution >= 4 is 21.9 Å². The molecule has 0 aliphatic carbocycles. The Morgan fingerprint density at radius 2 is 1.85 bits per heavy atom. The average molecular weight is 521 g/mol. The highest BCUT2D eigenvalue weighted by molar-refractivity contribution is 6.07. The van der Waals surface area contributed by atoms with Crippen LogP contribution in [0.2, 0.25) is 0 Å². The van der Waals surface area contributed by atoms with Gasteiger partial charge in [0.05, 0.1) is 39.5 Å². The van der Waals surface area contributed by atoms with E-state index in [1.54, 1.807) is 4.68 Å². The Morgan fingerprint density at radius 1 is 1.08 bits per heavy atom. The molecule has 1 fully saturated rings. The van der Waals surface area contributed by atoms with Crippen molar-refractivity contribution in [3.8, 4) is 11.3 Å². The predicted molar refractivity (Wildman–Crippen MR) is 152 cm³/mol. The molecule has 0 radical (unpaired) electrons. The van der Waals surface area contributed by atoms with Gasteiger partial charge < -0.3 is 9.30 Å². The number of aromatic nitrogens is 5. The Bertz CT molecular complexity index is 1690. The Morgan fingerprint density at radius 3 is 2.54 bits per heavy atom. The zero-order chi connectivity index (χ0) is 27.1. The molecule has 0 unspecified atom stereocenters. The first-order valence-corrected chi connectivity index (χ1v) is 13.4. The number of fused-ring (bicyclic) bond motifs is 3. The minimum Gasteiger partial charge on any atom is -0.381 e. The van der Waals surface area contributed by atoms with E-state index < -0.39 is 5.54 Å². The van der Waals surface area contributed by atoms with Crippen LogP contribution < -0.4 is 0 Å². The summed E-state index contributed by atoms with van der Waals surface area (Å²) in [5.74, 6) is 0.387. The van der Waals surface area contributed by atoms with Crippen molar-refractivity contribution in [1.29, 1.82) is 0 Å². The molecule has 0 bridgehead atoms. The molecule has 9 heteroatoms. The van der Waals surface area contributed by atoms with E-state index in [1.807, 2.05) is 34.0 Å². The standard InChI is InChI=1S/C30H32N8O/c1-19-28(37(4)36-33-19)22-16-26-27(32-18-22)24-11-10-23(30(2,3)34-35-31)17-25(24)38(26)29(20-8-6-5-7-9-20)21-12-14-39-15-13-21/h5-11,16-18,21,29H,12-15H2,1-4H3/t29-/m1/s1. The van der Waals surface area contributed by atoms with Crippen molar-refractivity contribution in [2.75, 3.05) is 13.2 Å². The van der Waals surface area contributed by atoms with Crippen LogP contribution in [-0.2, 0) is 17.3 Å². The van der Waals surface area contributed by atoms with Crippen LogP contribution in [0.4, 0.5) is 0 Å². The van der Waals surface area contributed by atoms with Crippen LogP contribution >= 0.6 is 0 Å². The average Bonchev–Trinajstić information content (AvgIpc) is 3.45. The second-order valence-electron chi connectivity index (χ2n) is 10.9. The van der Waals surface area contributed by atoms with Gasteiger partial charge in [0, 0.05) is 42.3 Å². The summed E-state index contributed by atoms with van der Waals surface area (Å²) in [4.78, 5) is 8.14. The largest absolute Gasteiger partial charge is 0.381 e. The highest BCUT2D eigenvalue weighted by Gasteiger charge is 2.31. The molecule has 1 aliphatic rings. The molecule has 0 amide bonds. The van der Waals surface area contributed by atoms with Crippen LogP contribution in [0.15, 0.2) is 65.9 Å². The molecule has 4 heterocycles. The van der Waals surface area contributed by atoms with Crippen LogP contribution in [0.3, 0.4) is 0 Å². The summed E-state index contributed by atoms with van der Waals surface area (Å²) in [6.07, 6.45) is 3.87. The van der Waals surface area contributed by atoms with Gasteiger partial charge in [-0.2, -0.15) is 0 Å². The van der Waals surface area contributed by atoms with E-state index in [2.05, 4.69) is 79.5 Å². The lowest BCUT2D eigenvalue weighted by molar-refractivity contribution is 0.0553. The summed E-state index contributed by atoms with van der Waals surface area (Å²) >= 11 is 0. The molecule has 6 rings (SSSR count). The third-order valence-electron chi connectivity index (χ3n) is 8.04. The summed E-state index contributed by atoms with van der Waals surface area (Å²) in [5.41, 5.74) is 16.6. The number of ether oxygens (including phenoxy) is 1. The monoisotopic (exact) mass is 520 g/mol. The van der Waals surface area contributed by atoms with Gasteiger partial charge in [-0.15, -0.1) is 5.10 Å². The summed E-state index contributed by atoms with van der Waals surface area (Å²) in [5, 5.41) is 13.7. The maximum absolute atomic E-state index is 9.24. The number of hydrogen-bond donors (Lipinski definition) is 0. The van der Waals surface area contributed by atoms with Crippen LogP contribution in [0.5, 0.6) is 0 Å². The third kappa shape index (κ3) is 4.33. The highest BCUT2D eigenvalue weighted by Crippen LogP contribution is 2.42. The molecule has 5 aromatic rings. The van der Waals surface area contributed by atoms with Gasteiger partial charge in [-0.3, -0.25) is 4.98 Å². The number of hydrogen-bond acceptors (Lipinski definition) is 5. The van der Waals surface area contributed by atoms with Gasteiger partial charge in [0.2, 0.25) is 0 Å². The van der Waals surface area contributed by atoms with Gasteiger partial charge in [0.15, 0.2) is 0 Å². The number of rotatable bonds is 6. The van der Waals surface area contributed by atoms with Crippen molar-refractivity contribution < 1.29 is 4.74 Å². The van der Waals surface area contributed by atoms with Gasteiger partial charge >= 0.3 is 0 Å². The summed E-state index contributed by atoms with van der Waals surface area (Å²) in [6.45, 7) is 7.37. The highest BCUT2D eigenvalue weighted by atomic mass is 16.5. The van der Waals surface area contributed by atoms with E-state index in [9.17, 15) is 5.53 Å². The molecule has 0 N–H and O–H groups in total. The predicted octanol–water partition coefficient (Wildman–Crippen LogP) is 6.85. The summed E-state index contributed by atoms with van der Waals surface area (Å²) in [6, 6.07) is 19.4. The molecule has 3 aromatic heterocycles. The topological polar surface area (TPSA) is 107 Å². The molecular weight excluding hydrogens is 488 g/mol. The maximum atomic E-state index is 9.24. The zero-order valence-corrected chi connectivity index (χ0v) is 22.7. The normalized spacial score (nSPS) is 15.5. The minimum atomic E-state index is -0.693. The minimum absolute atomic E-state index is 0.0794. The Hall–Kier alpha value is -4.20. The number of azide groups is 1. The van der Waals surface area contributed by atoms with Crippen molar-refractivity contribution in [1.82, 2.24) is 24.5 Å². The second-order valence-corrected chi connectivity index (χ2v) is 10.9. The van der Waals surface area contributed by atoms with E-state index in [0.29, 0.717) is 5.92 Å². The zero-order valence-electron chi connectivity index (χ0n) is 22.7. The number of pyridine rings is 1. The van der Waals surface area contributed by atoms with Crippen LogP contribution in [0.1, 0.15) is 49.6 Å². The fourth-order valence-electron chi connectivity index (χ4n) is 6.05. The van der Waals surface area contributed by atoms with Gasteiger partial charge in [0.1, 0.15) is 0 Å². The molecule has 0 saturated carbocycles. The number of aryl methyl sites for hydroxylation is 2. The molecule has 0 spiro atoms. The van der Waals surface area contributed by atoms with Gasteiger partial charge in [-0.25, -0.2) is 4.68 Å². The molecule has 1 saturated heterocycles. The molecule has 198 valence electrons. The molecule has 1 aliphatic heterocycles. The third-order valence-corrected chi connectivity index (χ3v) is 8.04. The van der Waals surface area contributed by atoms with Crippen molar-refractivity contribution in [2.45, 2.75) is 45.2 Å². The van der Waals surface area contributed by atoms with E-state index >= 15 is 0 Å². The SMILES string of the molecule is Cc1nnn(C)c1-c1cnc2c3ccc(C(C)(C)N=[N+]=[N-])cc3n([C@H](c3ccccc3)C3CCOCC3)c2c1. The first-order valence-electron chi connectivity index (χ1n) is 13.4. The van der Waals surface area contributed by atoms with Crippen LogP contribution in [-0.4, -0.2) is 37.8 Å². The van der Waals surface area contributed by atoms with E-state index in [4.69, 9.17) is 9.72 Å². The Labute approximate surface area is 227 Å². The van der Waals surface area contributed by atoms with E-state index in [1.165, 1.54) is 5.56 Å². The van der Waals surface area contributed by atoms with Crippen molar-refractivity contribution in [2.24, 2.45) is 18.1 Å². The molecule has 9 nitrogen and oxygen atoms in total. The van der Waals surface area contributed by atoms with E-state index in [-0.39, 0.29) is 6.04 Å². The fraction of sp³-hybridized carbons (Fsp3) is 0.367. The lowest BCUT2D eigenvalue weighted by atomic mass is 9.86. The van der Waals surface area contributed by atoms with Crippen LogP contribution in [0, 0.1) is 12.8 Å². The molecule has 39 heavy (non-hydrogen) atoms. The first-order chi connectivity index (χ1) is 18.9. The Balaban J connectivity index is 1.69. The molecular formula is C30H32N8O. The Kier molecular flexibility index (Phi) is 6.33. The van der Waals surface area contributed by atoms with Crippen molar-refractivity contribution in [3.63, 3.8) is 0 Å². The van der Waals surface area contributed by atoms with Crippen molar-refractivity contribution in [3.05, 3.63) is 88.1 Å². The number of benzene rings is 2. The lowest BCUT2D eigenvalue weighted by Crippen LogP contribution is -2.27.